The molecule has 6 heteroatoms. The second-order valence-corrected chi connectivity index (χ2v) is 3.05. The molecule has 0 aliphatic rings. The molecule has 15 heavy (non-hydrogen) atoms. The lowest BCUT2D eigenvalue weighted by atomic mass is 10.3. The molecule has 0 bridgehead atoms. The zero-order valence-corrected chi connectivity index (χ0v) is 8.59. The summed E-state index contributed by atoms with van der Waals surface area (Å²) in [5.74, 6) is 0.188. The van der Waals surface area contributed by atoms with E-state index in [1.54, 1.807) is 0 Å². The summed E-state index contributed by atoms with van der Waals surface area (Å²) in [5.41, 5.74) is 4.91. The number of nitrogen functional groups attached to an aromatic ring is 1. The van der Waals surface area contributed by atoms with Crippen molar-refractivity contribution in [2.45, 2.75) is 19.6 Å². The highest BCUT2D eigenvalue weighted by Crippen LogP contribution is 1.96. The van der Waals surface area contributed by atoms with Gasteiger partial charge in [0.05, 0.1) is 19.3 Å². The summed E-state index contributed by atoms with van der Waals surface area (Å²) in [5, 5.41) is 8.98. The van der Waals surface area contributed by atoms with E-state index in [4.69, 9.17) is 15.6 Å². The van der Waals surface area contributed by atoms with Crippen LogP contribution in [0.5, 0.6) is 0 Å². The Morgan fingerprint density at radius 2 is 2.47 bits per heavy atom. The van der Waals surface area contributed by atoms with Gasteiger partial charge in [0.1, 0.15) is 5.82 Å². The molecule has 1 aromatic heterocycles. The Hall–Kier alpha value is -1.40. The van der Waals surface area contributed by atoms with Crippen molar-refractivity contribution < 1.29 is 9.84 Å². The molecular weight excluding hydrogens is 198 g/mol. The highest BCUT2D eigenvalue weighted by molar-refractivity contribution is 5.23. The minimum Gasteiger partial charge on any atom is -0.394 e. The first-order valence-corrected chi connectivity index (χ1v) is 4.72. The molecule has 1 rings (SSSR count). The van der Waals surface area contributed by atoms with E-state index in [9.17, 15) is 4.79 Å². The van der Waals surface area contributed by atoms with Crippen LogP contribution in [0.2, 0.25) is 0 Å². The van der Waals surface area contributed by atoms with Crippen molar-refractivity contribution in [1.29, 1.82) is 0 Å². The van der Waals surface area contributed by atoms with Crippen molar-refractivity contribution in [3.63, 3.8) is 0 Å². The van der Waals surface area contributed by atoms with Crippen molar-refractivity contribution in [1.82, 2.24) is 9.55 Å². The van der Waals surface area contributed by atoms with Crippen molar-refractivity contribution >= 4 is 5.82 Å². The monoisotopic (exact) mass is 213 g/mol. The summed E-state index contributed by atoms with van der Waals surface area (Å²) in [7, 11) is 0. The van der Waals surface area contributed by atoms with E-state index >= 15 is 0 Å². The van der Waals surface area contributed by atoms with Crippen LogP contribution in [-0.2, 0) is 11.3 Å². The molecule has 1 heterocycles. The molecule has 0 spiro atoms. The minimum atomic E-state index is -0.437. The number of anilines is 1. The maximum absolute atomic E-state index is 11.3. The van der Waals surface area contributed by atoms with Gasteiger partial charge in [-0.05, 0) is 13.0 Å². The van der Waals surface area contributed by atoms with Gasteiger partial charge in [0.25, 0.3) is 0 Å². The van der Waals surface area contributed by atoms with Crippen LogP contribution in [0.3, 0.4) is 0 Å². The van der Waals surface area contributed by atoms with Crippen LogP contribution in [0.1, 0.15) is 6.92 Å². The molecule has 0 fully saturated rings. The van der Waals surface area contributed by atoms with Gasteiger partial charge in [0.2, 0.25) is 0 Å². The van der Waals surface area contributed by atoms with Crippen LogP contribution >= 0.6 is 0 Å². The Labute approximate surface area is 87.3 Å². The first-order chi connectivity index (χ1) is 7.17. The quantitative estimate of drug-likeness (QED) is 0.669. The van der Waals surface area contributed by atoms with Gasteiger partial charge in [-0.2, -0.15) is 4.98 Å². The molecule has 0 radical (unpaired) electrons. The van der Waals surface area contributed by atoms with E-state index in [0.717, 1.165) is 0 Å². The molecule has 0 aromatic carbocycles. The fraction of sp³-hybridized carbons (Fsp3) is 0.556. The zero-order chi connectivity index (χ0) is 11.3. The summed E-state index contributed by atoms with van der Waals surface area (Å²) in [4.78, 5) is 14.9. The number of nitrogens with zero attached hydrogens (tertiary/aromatic N) is 2. The van der Waals surface area contributed by atoms with Crippen molar-refractivity contribution in [2.75, 3.05) is 18.9 Å². The number of rotatable bonds is 5. The van der Waals surface area contributed by atoms with Gasteiger partial charge in [-0.15, -0.1) is 0 Å². The summed E-state index contributed by atoms with van der Waals surface area (Å²) in [6.45, 7) is 2.45. The summed E-state index contributed by atoms with van der Waals surface area (Å²) >= 11 is 0. The number of aliphatic hydroxyl groups is 1. The second-order valence-electron chi connectivity index (χ2n) is 3.05. The van der Waals surface area contributed by atoms with Crippen molar-refractivity contribution in [3.05, 3.63) is 22.7 Å². The fourth-order valence-electron chi connectivity index (χ4n) is 1.20. The van der Waals surface area contributed by atoms with E-state index < -0.39 is 11.8 Å². The molecule has 0 saturated carbocycles. The molecule has 3 N–H and O–H groups in total. The van der Waals surface area contributed by atoms with Crippen LogP contribution in [0.15, 0.2) is 17.1 Å². The number of aliphatic hydroxyl groups excluding tert-OH is 1. The van der Waals surface area contributed by atoms with Gasteiger partial charge in [0, 0.05) is 12.8 Å². The first kappa shape index (κ1) is 11.7. The average Bonchev–Trinajstić information content (AvgIpc) is 2.21. The Kier molecular flexibility index (Phi) is 4.26. The largest absolute Gasteiger partial charge is 0.394 e. The molecule has 6 nitrogen and oxygen atoms in total. The van der Waals surface area contributed by atoms with E-state index in [0.29, 0.717) is 6.61 Å². The highest BCUT2D eigenvalue weighted by Gasteiger charge is 2.09. The zero-order valence-electron chi connectivity index (χ0n) is 8.59. The fourth-order valence-corrected chi connectivity index (χ4v) is 1.20. The van der Waals surface area contributed by atoms with Gasteiger partial charge in [-0.1, -0.05) is 0 Å². The summed E-state index contributed by atoms with van der Waals surface area (Å²) in [6.07, 6.45) is 1.14. The van der Waals surface area contributed by atoms with Crippen molar-refractivity contribution in [2.24, 2.45) is 0 Å². The second kappa shape index (κ2) is 5.47. The predicted molar refractivity (Wildman–Crippen MR) is 55.4 cm³/mol. The summed E-state index contributed by atoms with van der Waals surface area (Å²) in [6, 6.07) is 1.53. The third kappa shape index (κ3) is 3.34. The molecule has 0 aliphatic heterocycles. The average molecular weight is 213 g/mol. The van der Waals surface area contributed by atoms with Crippen LogP contribution in [-0.4, -0.2) is 34.0 Å². The number of ether oxygens (including phenoxy) is 1. The van der Waals surface area contributed by atoms with E-state index in [2.05, 4.69) is 4.98 Å². The van der Waals surface area contributed by atoms with Crippen LogP contribution in [0.25, 0.3) is 0 Å². The minimum absolute atomic E-state index is 0.134. The highest BCUT2D eigenvalue weighted by atomic mass is 16.5. The number of hydrogen-bond donors (Lipinski definition) is 2. The van der Waals surface area contributed by atoms with Crippen molar-refractivity contribution in [3.8, 4) is 0 Å². The smallest absolute Gasteiger partial charge is 0.349 e. The third-order valence-corrected chi connectivity index (χ3v) is 1.90. The Bertz CT molecular complexity index is 364. The van der Waals surface area contributed by atoms with Gasteiger partial charge in [-0.3, -0.25) is 4.57 Å². The molecule has 1 atom stereocenters. The molecule has 1 aromatic rings. The molecule has 0 aliphatic carbocycles. The number of aromatic nitrogens is 2. The number of hydrogen-bond acceptors (Lipinski definition) is 5. The topological polar surface area (TPSA) is 90.4 Å². The lowest BCUT2D eigenvalue weighted by Crippen LogP contribution is -2.31. The normalized spacial score (nSPS) is 12.7. The molecule has 1 unspecified atom stereocenters. The Morgan fingerprint density at radius 1 is 1.73 bits per heavy atom. The maximum atomic E-state index is 11.3. The van der Waals surface area contributed by atoms with Gasteiger partial charge in [0.15, 0.2) is 0 Å². The van der Waals surface area contributed by atoms with Crippen LogP contribution in [0, 0.1) is 0 Å². The van der Waals surface area contributed by atoms with E-state index in [1.165, 1.54) is 16.8 Å². The number of nitrogens with two attached hydrogens (primary N) is 1. The van der Waals surface area contributed by atoms with Crippen LogP contribution in [0.4, 0.5) is 5.82 Å². The van der Waals surface area contributed by atoms with Crippen LogP contribution < -0.4 is 11.4 Å². The SMILES string of the molecule is CCOC(CO)Cn1ccc(N)nc1=O. The lowest BCUT2D eigenvalue weighted by Gasteiger charge is -2.15. The summed E-state index contributed by atoms with van der Waals surface area (Å²) < 4.78 is 6.57. The van der Waals surface area contributed by atoms with E-state index in [1.807, 2.05) is 6.92 Å². The van der Waals surface area contributed by atoms with Gasteiger partial charge >= 0.3 is 5.69 Å². The Balaban J connectivity index is 2.75. The van der Waals surface area contributed by atoms with E-state index in [-0.39, 0.29) is 19.0 Å². The molecule has 0 saturated heterocycles. The first-order valence-electron chi connectivity index (χ1n) is 4.72. The molecule has 0 amide bonds. The third-order valence-electron chi connectivity index (χ3n) is 1.90. The van der Waals surface area contributed by atoms with Gasteiger partial charge in [-0.25, -0.2) is 4.79 Å². The molecule has 84 valence electrons. The van der Waals surface area contributed by atoms with Gasteiger partial charge < -0.3 is 15.6 Å². The standard InChI is InChI=1S/C9H15N3O3/c1-2-15-7(6-13)5-12-4-3-8(10)11-9(12)14/h3-4,7,13H,2,5-6H2,1H3,(H2,10,11,14). The Morgan fingerprint density at radius 3 is 3.00 bits per heavy atom. The lowest BCUT2D eigenvalue weighted by molar-refractivity contribution is 0.00896. The predicted octanol–water partition coefficient (Wildman–Crippen LogP) is -0.777. The molecular formula is C9H15N3O3. The maximum Gasteiger partial charge on any atom is 0.349 e.